The van der Waals surface area contributed by atoms with Crippen molar-refractivity contribution in [1.29, 1.82) is 0 Å². The third-order valence-electron chi connectivity index (χ3n) is 3.04. The van der Waals surface area contributed by atoms with Crippen LogP contribution in [0.3, 0.4) is 0 Å². The van der Waals surface area contributed by atoms with Gasteiger partial charge in [-0.3, -0.25) is 9.48 Å². The van der Waals surface area contributed by atoms with Gasteiger partial charge in [-0.2, -0.15) is 9.78 Å². The van der Waals surface area contributed by atoms with Crippen molar-refractivity contribution in [2.75, 3.05) is 6.54 Å². The van der Waals surface area contributed by atoms with Crippen molar-refractivity contribution in [3.8, 4) is 0 Å². The second kappa shape index (κ2) is 7.34. The van der Waals surface area contributed by atoms with Crippen LogP contribution in [0.5, 0.6) is 0 Å². The molecule has 2 aromatic rings. The summed E-state index contributed by atoms with van der Waals surface area (Å²) in [6.07, 6.45) is 4.42. The number of hydrogen-bond acceptors (Lipinski definition) is 5. The quantitative estimate of drug-likeness (QED) is 0.443. The van der Waals surface area contributed by atoms with Gasteiger partial charge in [-0.1, -0.05) is 0 Å². The van der Waals surface area contributed by atoms with Crippen LogP contribution in [-0.2, 0) is 17.9 Å². The number of aromatic nitrogens is 4. The van der Waals surface area contributed by atoms with Gasteiger partial charge < -0.3 is 15.4 Å². The molecule has 0 saturated heterocycles. The molecule has 0 atom stereocenters. The van der Waals surface area contributed by atoms with E-state index >= 15 is 0 Å². The van der Waals surface area contributed by atoms with E-state index in [2.05, 4.69) is 15.5 Å². The highest BCUT2D eigenvalue weighted by atomic mass is 16.6. The maximum absolute atomic E-state index is 11.7. The van der Waals surface area contributed by atoms with Crippen LogP contribution in [0, 0.1) is 17.0 Å². The summed E-state index contributed by atoms with van der Waals surface area (Å²) in [7, 11) is 0. The Morgan fingerprint density at radius 2 is 2.00 bits per heavy atom. The van der Waals surface area contributed by atoms with Gasteiger partial charge in [0.25, 0.3) is 0 Å². The molecular weight excluding hydrogens is 288 g/mol. The Morgan fingerprint density at radius 3 is 2.64 bits per heavy atom. The zero-order chi connectivity index (χ0) is 15.9. The predicted molar refractivity (Wildman–Crippen MR) is 78.1 cm³/mol. The number of nitrogens with zero attached hydrogens (tertiary/aromatic N) is 5. The van der Waals surface area contributed by atoms with Crippen LogP contribution in [0.1, 0.15) is 18.5 Å². The molecule has 0 aromatic carbocycles. The molecule has 0 unspecified atom stereocenters. The van der Waals surface area contributed by atoms with E-state index in [9.17, 15) is 14.9 Å². The SMILES string of the molecule is Cc1ccn(CCCNC(=O)CCn2ccc([N+](=O)[O-])n2)n1. The largest absolute Gasteiger partial charge is 0.389 e. The number of carbonyl (C=O) groups is 1. The highest BCUT2D eigenvalue weighted by Crippen LogP contribution is 2.05. The first-order valence-electron chi connectivity index (χ1n) is 6.99. The zero-order valence-electron chi connectivity index (χ0n) is 12.3. The third kappa shape index (κ3) is 4.69. The molecule has 22 heavy (non-hydrogen) atoms. The van der Waals surface area contributed by atoms with Crippen LogP contribution in [0.2, 0.25) is 0 Å². The zero-order valence-corrected chi connectivity index (χ0v) is 12.3. The Hall–Kier alpha value is -2.71. The van der Waals surface area contributed by atoms with E-state index in [0.29, 0.717) is 13.1 Å². The topological polar surface area (TPSA) is 108 Å². The number of hydrogen-bond donors (Lipinski definition) is 1. The van der Waals surface area contributed by atoms with Gasteiger partial charge >= 0.3 is 5.82 Å². The molecule has 2 aromatic heterocycles. The van der Waals surface area contributed by atoms with Crippen molar-refractivity contribution in [1.82, 2.24) is 24.9 Å². The predicted octanol–water partition coefficient (Wildman–Crippen LogP) is 0.893. The molecule has 1 amide bonds. The fourth-order valence-electron chi connectivity index (χ4n) is 1.93. The van der Waals surface area contributed by atoms with Gasteiger partial charge in [0.05, 0.1) is 29.6 Å². The summed E-state index contributed by atoms with van der Waals surface area (Å²) in [6.45, 7) is 3.56. The average molecular weight is 306 g/mol. The number of nitrogens with one attached hydrogen (secondary N) is 1. The molecule has 0 fully saturated rings. The van der Waals surface area contributed by atoms with Gasteiger partial charge in [-0.05, 0) is 24.3 Å². The van der Waals surface area contributed by atoms with Gasteiger partial charge in [0.1, 0.15) is 0 Å². The molecule has 9 nitrogen and oxygen atoms in total. The van der Waals surface area contributed by atoms with Crippen molar-refractivity contribution in [2.24, 2.45) is 0 Å². The fraction of sp³-hybridized carbons (Fsp3) is 0.462. The van der Waals surface area contributed by atoms with Crippen molar-refractivity contribution >= 4 is 11.7 Å². The normalized spacial score (nSPS) is 10.6. The summed E-state index contributed by atoms with van der Waals surface area (Å²) >= 11 is 0. The van der Waals surface area contributed by atoms with E-state index in [1.165, 1.54) is 16.9 Å². The molecule has 0 aliphatic heterocycles. The Kier molecular flexibility index (Phi) is 5.23. The molecule has 9 heteroatoms. The standard InChI is InChI=1S/C13H18N6O3/c1-11-3-8-17(15-11)7-2-6-14-13(20)5-10-18-9-4-12(16-18)19(21)22/h3-4,8-9H,2,5-7,10H2,1H3,(H,14,20). The highest BCUT2D eigenvalue weighted by molar-refractivity contribution is 5.75. The number of nitro groups is 1. The summed E-state index contributed by atoms with van der Waals surface area (Å²) in [4.78, 5) is 21.6. The molecular formula is C13H18N6O3. The van der Waals surface area contributed by atoms with Crippen molar-refractivity contribution in [2.45, 2.75) is 32.9 Å². The first-order chi connectivity index (χ1) is 10.5. The van der Waals surface area contributed by atoms with Crippen LogP contribution in [-0.4, -0.2) is 36.9 Å². The van der Waals surface area contributed by atoms with Crippen molar-refractivity contribution < 1.29 is 9.72 Å². The van der Waals surface area contributed by atoms with Crippen LogP contribution < -0.4 is 5.32 Å². The Balaban J connectivity index is 1.62. The first kappa shape index (κ1) is 15.7. The number of aryl methyl sites for hydroxylation is 3. The monoisotopic (exact) mass is 306 g/mol. The Labute approximate surface area is 127 Å². The second-order valence-corrected chi connectivity index (χ2v) is 4.87. The minimum Gasteiger partial charge on any atom is -0.358 e. The molecule has 2 rings (SSSR count). The van der Waals surface area contributed by atoms with Gasteiger partial charge in [-0.25, -0.2) is 0 Å². The maximum Gasteiger partial charge on any atom is 0.389 e. The minimum atomic E-state index is -0.562. The Bertz CT molecular complexity index is 648. The van der Waals surface area contributed by atoms with E-state index in [4.69, 9.17) is 0 Å². The van der Waals surface area contributed by atoms with Gasteiger partial charge in [0.2, 0.25) is 5.91 Å². The maximum atomic E-state index is 11.7. The highest BCUT2D eigenvalue weighted by Gasteiger charge is 2.11. The summed E-state index contributed by atoms with van der Waals surface area (Å²) < 4.78 is 3.23. The van der Waals surface area contributed by atoms with Crippen LogP contribution in [0.15, 0.2) is 24.5 Å². The number of amides is 1. The third-order valence-corrected chi connectivity index (χ3v) is 3.04. The first-order valence-corrected chi connectivity index (χ1v) is 6.99. The molecule has 0 saturated carbocycles. The smallest absolute Gasteiger partial charge is 0.358 e. The second-order valence-electron chi connectivity index (χ2n) is 4.87. The minimum absolute atomic E-state index is 0.102. The summed E-state index contributed by atoms with van der Waals surface area (Å²) in [5, 5.41) is 21.3. The molecule has 0 radical (unpaired) electrons. The van der Waals surface area contributed by atoms with Gasteiger partial charge in [0, 0.05) is 25.7 Å². The number of carbonyl (C=O) groups excluding carboxylic acids is 1. The van der Waals surface area contributed by atoms with Gasteiger partial charge in [0.15, 0.2) is 0 Å². The molecule has 0 spiro atoms. The van der Waals surface area contributed by atoms with Crippen molar-refractivity contribution in [3.05, 3.63) is 40.3 Å². The lowest BCUT2D eigenvalue weighted by atomic mass is 10.3. The molecule has 0 aliphatic rings. The van der Waals surface area contributed by atoms with Crippen molar-refractivity contribution in [3.63, 3.8) is 0 Å². The van der Waals surface area contributed by atoms with E-state index < -0.39 is 4.92 Å². The van der Waals surface area contributed by atoms with Gasteiger partial charge in [-0.15, -0.1) is 0 Å². The molecule has 2 heterocycles. The lowest BCUT2D eigenvalue weighted by molar-refractivity contribution is -0.389. The summed E-state index contributed by atoms with van der Waals surface area (Å²) in [5.41, 5.74) is 0.970. The summed E-state index contributed by atoms with van der Waals surface area (Å²) in [6, 6.07) is 3.24. The molecule has 0 aliphatic carbocycles. The fourth-order valence-corrected chi connectivity index (χ4v) is 1.93. The van der Waals surface area contributed by atoms with E-state index in [1.54, 1.807) is 0 Å². The lowest BCUT2D eigenvalue weighted by Gasteiger charge is -2.05. The molecule has 118 valence electrons. The molecule has 0 bridgehead atoms. The average Bonchev–Trinajstić information content (AvgIpc) is 3.10. The van der Waals surface area contributed by atoms with E-state index in [0.717, 1.165) is 18.7 Å². The van der Waals surface area contributed by atoms with E-state index in [-0.39, 0.29) is 18.1 Å². The lowest BCUT2D eigenvalue weighted by Crippen LogP contribution is -2.26. The van der Waals surface area contributed by atoms with Crippen LogP contribution >= 0.6 is 0 Å². The number of rotatable bonds is 8. The van der Waals surface area contributed by atoms with E-state index in [1.807, 2.05) is 23.9 Å². The molecule has 1 N–H and O–H groups in total. The van der Waals surface area contributed by atoms with Crippen LogP contribution in [0.25, 0.3) is 0 Å². The Morgan fingerprint density at radius 1 is 1.27 bits per heavy atom. The van der Waals surface area contributed by atoms with Crippen LogP contribution in [0.4, 0.5) is 5.82 Å². The summed E-state index contributed by atoms with van der Waals surface area (Å²) in [5.74, 6) is -0.315.